The summed E-state index contributed by atoms with van der Waals surface area (Å²) in [6.45, 7) is 4.43. The molecular formula is C14H28O2. The van der Waals surface area contributed by atoms with Crippen LogP contribution in [0.2, 0.25) is 0 Å². The molecule has 0 aliphatic carbocycles. The Labute approximate surface area is 101 Å². The SMILES string of the molecule is CCCCCC(CCCCC)CC(=O)OC. The fraction of sp³-hybridized carbons (Fsp3) is 0.929. The summed E-state index contributed by atoms with van der Waals surface area (Å²) in [6.07, 6.45) is 10.6. The molecule has 0 atom stereocenters. The Morgan fingerprint density at radius 3 is 1.88 bits per heavy atom. The van der Waals surface area contributed by atoms with Crippen LogP contribution in [0.1, 0.15) is 71.6 Å². The summed E-state index contributed by atoms with van der Waals surface area (Å²) in [5.74, 6) is 0.503. The van der Waals surface area contributed by atoms with Crippen molar-refractivity contribution in [3.63, 3.8) is 0 Å². The van der Waals surface area contributed by atoms with Crippen molar-refractivity contribution in [2.45, 2.75) is 71.6 Å². The second-order valence-corrected chi connectivity index (χ2v) is 4.64. The van der Waals surface area contributed by atoms with Gasteiger partial charge in [0, 0.05) is 6.42 Å². The highest BCUT2D eigenvalue weighted by molar-refractivity contribution is 5.69. The molecule has 0 spiro atoms. The van der Waals surface area contributed by atoms with Crippen LogP contribution in [0, 0.1) is 5.92 Å². The largest absolute Gasteiger partial charge is 0.469 e. The number of unbranched alkanes of at least 4 members (excludes halogenated alkanes) is 4. The van der Waals surface area contributed by atoms with Crippen LogP contribution in [-0.2, 0) is 9.53 Å². The maximum atomic E-state index is 11.3. The van der Waals surface area contributed by atoms with E-state index in [2.05, 4.69) is 13.8 Å². The number of hydrogen-bond acceptors (Lipinski definition) is 2. The van der Waals surface area contributed by atoms with E-state index < -0.39 is 0 Å². The molecule has 0 radical (unpaired) electrons. The van der Waals surface area contributed by atoms with Crippen LogP contribution in [0.3, 0.4) is 0 Å². The van der Waals surface area contributed by atoms with Crippen LogP contribution in [0.5, 0.6) is 0 Å². The molecule has 0 saturated carbocycles. The highest BCUT2D eigenvalue weighted by Crippen LogP contribution is 2.21. The molecule has 0 aromatic carbocycles. The fourth-order valence-corrected chi connectivity index (χ4v) is 2.03. The van der Waals surface area contributed by atoms with Crippen LogP contribution in [-0.4, -0.2) is 13.1 Å². The zero-order valence-corrected chi connectivity index (χ0v) is 11.3. The van der Waals surface area contributed by atoms with Crippen molar-refractivity contribution in [1.82, 2.24) is 0 Å². The molecule has 2 nitrogen and oxygen atoms in total. The molecule has 0 aromatic rings. The third-order valence-corrected chi connectivity index (χ3v) is 3.11. The van der Waals surface area contributed by atoms with E-state index in [0.717, 1.165) is 0 Å². The Morgan fingerprint density at radius 1 is 1.00 bits per heavy atom. The topological polar surface area (TPSA) is 26.3 Å². The lowest BCUT2D eigenvalue weighted by atomic mass is 9.92. The minimum absolute atomic E-state index is 0.0435. The first kappa shape index (κ1) is 15.5. The molecule has 0 saturated heterocycles. The summed E-state index contributed by atoms with van der Waals surface area (Å²) in [5.41, 5.74) is 0. The van der Waals surface area contributed by atoms with Crippen molar-refractivity contribution in [3.8, 4) is 0 Å². The molecule has 0 aliphatic rings. The number of esters is 1. The van der Waals surface area contributed by atoms with Crippen LogP contribution in [0.15, 0.2) is 0 Å². The van der Waals surface area contributed by atoms with Crippen molar-refractivity contribution in [1.29, 1.82) is 0 Å². The number of carbonyl (C=O) groups is 1. The third kappa shape index (κ3) is 8.75. The summed E-state index contributed by atoms with van der Waals surface area (Å²) in [4.78, 5) is 11.3. The molecule has 0 amide bonds. The average Bonchev–Trinajstić information content (AvgIpc) is 2.29. The van der Waals surface area contributed by atoms with Gasteiger partial charge in [-0.25, -0.2) is 0 Å². The van der Waals surface area contributed by atoms with Gasteiger partial charge in [0.2, 0.25) is 0 Å². The molecule has 0 unspecified atom stereocenters. The third-order valence-electron chi connectivity index (χ3n) is 3.11. The zero-order valence-electron chi connectivity index (χ0n) is 11.3. The Morgan fingerprint density at radius 2 is 1.50 bits per heavy atom. The minimum Gasteiger partial charge on any atom is -0.469 e. The molecule has 0 aliphatic heterocycles. The zero-order chi connectivity index (χ0) is 12.2. The number of hydrogen-bond donors (Lipinski definition) is 0. The van der Waals surface area contributed by atoms with Crippen LogP contribution < -0.4 is 0 Å². The summed E-state index contributed by atoms with van der Waals surface area (Å²) >= 11 is 0. The Balaban J connectivity index is 3.80. The molecule has 0 rings (SSSR count). The van der Waals surface area contributed by atoms with Gasteiger partial charge in [-0.05, 0) is 18.8 Å². The summed E-state index contributed by atoms with van der Waals surface area (Å²) in [7, 11) is 1.48. The van der Waals surface area contributed by atoms with Crippen LogP contribution in [0.4, 0.5) is 0 Å². The van der Waals surface area contributed by atoms with Gasteiger partial charge < -0.3 is 4.74 Å². The van der Waals surface area contributed by atoms with E-state index in [1.807, 2.05) is 0 Å². The lowest BCUT2D eigenvalue weighted by Crippen LogP contribution is -2.10. The number of carbonyl (C=O) groups excluding carboxylic acids is 1. The van der Waals surface area contributed by atoms with Crippen molar-refractivity contribution >= 4 is 5.97 Å². The lowest BCUT2D eigenvalue weighted by molar-refractivity contribution is -0.141. The number of methoxy groups -OCH3 is 1. The van der Waals surface area contributed by atoms with Crippen molar-refractivity contribution in [2.75, 3.05) is 7.11 Å². The van der Waals surface area contributed by atoms with Gasteiger partial charge in [-0.1, -0.05) is 52.4 Å². The second kappa shape index (κ2) is 11.0. The first-order chi connectivity index (χ1) is 7.74. The van der Waals surface area contributed by atoms with Gasteiger partial charge >= 0.3 is 5.97 Å². The maximum Gasteiger partial charge on any atom is 0.305 e. The van der Waals surface area contributed by atoms with Gasteiger partial charge in [0.25, 0.3) is 0 Å². The molecule has 0 heterocycles. The van der Waals surface area contributed by atoms with Gasteiger partial charge in [-0.2, -0.15) is 0 Å². The van der Waals surface area contributed by atoms with Crippen LogP contribution >= 0.6 is 0 Å². The van der Waals surface area contributed by atoms with E-state index in [1.54, 1.807) is 0 Å². The van der Waals surface area contributed by atoms with E-state index >= 15 is 0 Å². The predicted octanol–water partition coefficient (Wildman–Crippen LogP) is 4.33. The Bertz CT molecular complexity index is 156. The fourth-order valence-electron chi connectivity index (χ4n) is 2.03. The monoisotopic (exact) mass is 228 g/mol. The standard InChI is InChI=1S/C14H28O2/c1-4-6-8-10-13(11-9-7-5-2)12-14(15)16-3/h13H,4-12H2,1-3H3. The minimum atomic E-state index is -0.0435. The van der Waals surface area contributed by atoms with E-state index in [-0.39, 0.29) is 5.97 Å². The van der Waals surface area contributed by atoms with Crippen molar-refractivity contribution in [3.05, 3.63) is 0 Å². The molecule has 96 valence electrons. The molecule has 16 heavy (non-hydrogen) atoms. The molecule has 0 N–H and O–H groups in total. The van der Waals surface area contributed by atoms with E-state index in [9.17, 15) is 4.79 Å². The molecule has 2 heteroatoms. The predicted molar refractivity (Wildman–Crippen MR) is 68.4 cm³/mol. The number of ether oxygens (including phenoxy) is 1. The molecule has 0 aromatic heterocycles. The van der Waals surface area contributed by atoms with E-state index in [0.29, 0.717) is 12.3 Å². The normalized spacial score (nSPS) is 10.8. The maximum absolute atomic E-state index is 11.3. The summed E-state index contributed by atoms with van der Waals surface area (Å²) in [6, 6.07) is 0. The van der Waals surface area contributed by atoms with Gasteiger partial charge in [-0.3, -0.25) is 4.79 Å². The van der Waals surface area contributed by atoms with E-state index in [4.69, 9.17) is 4.74 Å². The van der Waals surface area contributed by atoms with Gasteiger partial charge in [0.1, 0.15) is 0 Å². The molecule has 0 fully saturated rings. The Hall–Kier alpha value is -0.530. The first-order valence-corrected chi connectivity index (χ1v) is 6.81. The van der Waals surface area contributed by atoms with Gasteiger partial charge in [0.05, 0.1) is 7.11 Å². The smallest absolute Gasteiger partial charge is 0.305 e. The highest BCUT2D eigenvalue weighted by atomic mass is 16.5. The average molecular weight is 228 g/mol. The molecule has 0 bridgehead atoms. The Kier molecular flexibility index (Phi) is 10.6. The van der Waals surface area contributed by atoms with Crippen LogP contribution in [0.25, 0.3) is 0 Å². The second-order valence-electron chi connectivity index (χ2n) is 4.64. The summed E-state index contributed by atoms with van der Waals surface area (Å²) < 4.78 is 4.75. The van der Waals surface area contributed by atoms with Crippen molar-refractivity contribution < 1.29 is 9.53 Å². The van der Waals surface area contributed by atoms with Gasteiger partial charge in [0.15, 0.2) is 0 Å². The van der Waals surface area contributed by atoms with E-state index in [1.165, 1.54) is 58.5 Å². The van der Waals surface area contributed by atoms with Gasteiger partial charge in [-0.15, -0.1) is 0 Å². The summed E-state index contributed by atoms with van der Waals surface area (Å²) in [5, 5.41) is 0. The quantitative estimate of drug-likeness (QED) is 0.411. The lowest BCUT2D eigenvalue weighted by Gasteiger charge is -2.15. The molecular weight excluding hydrogens is 200 g/mol. The van der Waals surface area contributed by atoms with Crippen molar-refractivity contribution in [2.24, 2.45) is 5.92 Å². The highest BCUT2D eigenvalue weighted by Gasteiger charge is 2.13. The number of rotatable bonds is 10. The first-order valence-electron chi connectivity index (χ1n) is 6.81.